The molecule has 2 aromatic rings. The van der Waals surface area contributed by atoms with Gasteiger partial charge in [-0.25, -0.2) is 0 Å². The molecule has 1 amide bonds. The number of carbonyl (C=O) groups is 1. The largest absolute Gasteiger partial charge is 0.416 e. The third-order valence-corrected chi connectivity index (χ3v) is 4.75. The molecule has 1 aliphatic rings. The quantitative estimate of drug-likeness (QED) is 0.826. The van der Waals surface area contributed by atoms with E-state index in [1.807, 2.05) is 18.2 Å². The van der Waals surface area contributed by atoms with Gasteiger partial charge < -0.3 is 5.32 Å². The number of hydrogen-bond acceptors (Lipinski definition) is 2. The SMILES string of the molecule is O=C(NCc1cccc(C(F)(F)F)c1)c1cccc(CN2CCCCC2)c1. The standard InChI is InChI=1S/C21H23F3N2O/c22-21(23,24)19-9-5-6-16(13-19)14-25-20(27)18-8-4-7-17(12-18)15-26-10-2-1-3-11-26/h4-9,12-13H,1-3,10-11,14-15H2,(H,25,27). The summed E-state index contributed by atoms with van der Waals surface area (Å²) in [5.74, 6) is -0.284. The van der Waals surface area contributed by atoms with E-state index in [9.17, 15) is 18.0 Å². The predicted octanol–water partition coefficient (Wildman–Crippen LogP) is 4.62. The molecule has 3 nitrogen and oxygen atoms in total. The Balaban J connectivity index is 1.60. The van der Waals surface area contributed by atoms with Gasteiger partial charge in [0.15, 0.2) is 0 Å². The Morgan fingerprint density at radius 3 is 2.41 bits per heavy atom. The number of amides is 1. The second-order valence-electron chi connectivity index (χ2n) is 6.92. The van der Waals surface area contributed by atoms with E-state index in [2.05, 4.69) is 10.2 Å². The van der Waals surface area contributed by atoms with E-state index in [1.54, 1.807) is 12.1 Å². The molecule has 0 radical (unpaired) electrons. The summed E-state index contributed by atoms with van der Waals surface area (Å²) in [7, 11) is 0. The van der Waals surface area contributed by atoms with Crippen molar-refractivity contribution in [2.45, 2.75) is 38.5 Å². The van der Waals surface area contributed by atoms with Crippen LogP contribution in [0.3, 0.4) is 0 Å². The minimum Gasteiger partial charge on any atom is -0.348 e. The number of rotatable bonds is 5. The molecule has 6 heteroatoms. The highest BCUT2D eigenvalue weighted by atomic mass is 19.4. The Morgan fingerprint density at radius 2 is 1.67 bits per heavy atom. The molecule has 0 spiro atoms. The highest BCUT2D eigenvalue weighted by Gasteiger charge is 2.30. The fraction of sp³-hybridized carbons (Fsp3) is 0.381. The Labute approximate surface area is 157 Å². The van der Waals surface area contributed by atoms with Crippen LogP contribution < -0.4 is 5.32 Å². The number of alkyl halides is 3. The maximum Gasteiger partial charge on any atom is 0.416 e. The summed E-state index contributed by atoms with van der Waals surface area (Å²) in [4.78, 5) is 14.8. The van der Waals surface area contributed by atoms with Crippen molar-refractivity contribution in [3.8, 4) is 0 Å². The van der Waals surface area contributed by atoms with Gasteiger partial charge in [-0.1, -0.05) is 30.7 Å². The molecule has 0 saturated carbocycles. The van der Waals surface area contributed by atoms with E-state index >= 15 is 0 Å². The fourth-order valence-electron chi connectivity index (χ4n) is 3.33. The van der Waals surface area contributed by atoms with Crippen LogP contribution in [0.25, 0.3) is 0 Å². The van der Waals surface area contributed by atoms with Crippen molar-refractivity contribution in [2.24, 2.45) is 0 Å². The first-order chi connectivity index (χ1) is 12.9. The molecule has 0 unspecified atom stereocenters. The van der Waals surface area contributed by atoms with Gasteiger partial charge in [0.2, 0.25) is 0 Å². The van der Waals surface area contributed by atoms with Crippen LogP contribution in [0, 0.1) is 0 Å². The van der Waals surface area contributed by atoms with Crippen molar-refractivity contribution in [1.82, 2.24) is 10.2 Å². The highest BCUT2D eigenvalue weighted by Crippen LogP contribution is 2.29. The second kappa shape index (κ2) is 8.57. The van der Waals surface area contributed by atoms with Crippen molar-refractivity contribution in [3.05, 3.63) is 70.8 Å². The molecule has 0 aliphatic carbocycles. The molecule has 144 valence electrons. The molecular weight excluding hydrogens is 353 g/mol. The lowest BCUT2D eigenvalue weighted by Gasteiger charge is -2.26. The molecule has 1 heterocycles. The van der Waals surface area contributed by atoms with E-state index in [0.717, 1.165) is 37.3 Å². The number of likely N-dealkylation sites (tertiary alicyclic amines) is 1. The number of halogens is 3. The molecule has 0 atom stereocenters. The topological polar surface area (TPSA) is 32.3 Å². The number of hydrogen-bond donors (Lipinski definition) is 1. The van der Waals surface area contributed by atoms with E-state index in [4.69, 9.17) is 0 Å². The average Bonchev–Trinajstić information content (AvgIpc) is 2.67. The van der Waals surface area contributed by atoms with Crippen molar-refractivity contribution in [1.29, 1.82) is 0 Å². The molecule has 0 aromatic heterocycles. The van der Waals surface area contributed by atoms with Gasteiger partial charge in [-0.3, -0.25) is 9.69 Å². The molecule has 1 N–H and O–H groups in total. The van der Waals surface area contributed by atoms with Gasteiger partial charge >= 0.3 is 6.18 Å². The first-order valence-corrected chi connectivity index (χ1v) is 9.17. The summed E-state index contributed by atoms with van der Waals surface area (Å²) in [5, 5.41) is 2.70. The zero-order chi connectivity index (χ0) is 19.3. The summed E-state index contributed by atoms with van der Waals surface area (Å²) in [6.07, 6.45) is -0.703. The highest BCUT2D eigenvalue weighted by molar-refractivity contribution is 5.94. The number of carbonyl (C=O) groups excluding carboxylic acids is 1. The minimum atomic E-state index is -4.39. The Hall–Kier alpha value is -2.34. The molecule has 3 rings (SSSR count). The van der Waals surface area contributed by atoms with E-state index in [1.165, 1.54) is 25.3 Å². The summed E-state index contributed by atoms with van der Waals surface area (Å²) in [6, 6.07) is 12.4. The molecule has 27 heavy (non-hydrogen) atoms. The lowest BCUT2D eigenvalue weighted by molar-refractivity contribution is -0.137. The fourth-order valence-corrected chi connectivity index (χ4v) is 3.33. The summed E-state index contributed by atoms with van der Waals surface area (Å²) in [5.41, 5.74) is 1.31. The van der Waals surface area contributed by atoms with Gasteiger partial charge in [0, 0.05) is 18.7 Å². The Bertz CT molecular complexity index is 783. The van der Waals surface area contributed by atoms with Crippen LogP contribution >= 0.6 is 0 Å². The number of piperidine rings is 1. The Kier molecular flexibility index (Phi) is 6.16. The lowest BCUT2D eigenvalue weighted by Crippen LogP contribution is -2.29. The van der Waals surface area contributed by atoms with E-state index in [-0.39, 0.29) is 12.5 Å². The second-order valence-corrected chi connectivity index (χ2v) is 6.92. The van der Waals surface area contributed by atoms with Crippen LogP contribution in [0.2, 0.25) is 0 Å². The number of nitrogens with one attached hydrogen (secondary N) is 1. The van der Waals surface area contributed by atoms with Gasteiger partial charge in [0.25, 0.3) is 5.91 Å². The monoisotopic (exact) mass is 376 g/mol. The van der Waals surface area contributed by atoms with Gasteiger partial charge in [0.05, 0.1) is 5.56 Å². The third-order valence-electron chi connectivity index (χ3n) is 4.75. The van der Waals surface area contributed by atoms with Gasteiger partial charge in [-0.15, -0.1) is 0 Å². The summed E-state index contributed by atoms with van der Waals surface area (Å²) >= 11 is 0. The van der Waals surface area contributed by atoms with Crippen LogP contribution in [0.15, 0.2) is 48.5 Å². The number of nitrogens with zero attached hydrogens (tertiary/aromatic N) is 1. The molecule has 1 saturated heterocycles. The van der Waals surface area contributed by atoms with Crippen LogP contribution in [0.1, 0.15) is 46.3 Å². The zero-order valence-corrected chi connectivity index (χ0v) is 15.1. The molecule has 0 bridgehead atoms. The van der Waals surface area contributed by atoms with Crippen molar-refractivity contribution < 1.29 is 18.0 Å². The van der Waals surface area contributed by atoms with Crippen molar-refractivity contribution in [2.75, 3.05) is 13.1 Å². The summed E-state index contributed by atoms with van der Waals surface area (Å²) in [6.45, 7) is 3.02. The number of benzene rings is 2. The van der Waals surface area contributed by atoms with Gasteiger partial charge in [0.1, 0.15) is 0 Å². The van der Waals surface area contributed by atoms with Crippen LogP contribution in [-0.2, 0) is 19.3 Å². The zero-order valence-electron chi connectivity index (χ0n) is 15.1. The van der Waals surface area contributed by atoms with E-state index < -0.39 is 11.7 Å². The third kappa shape index (κ3) is 5.57. The maximum absolute atomic E-state index is 12.8. The molecular formula is C21H23F3N2O. The lowest BCUT2D eigenvalue weighted by atomic mass is 10.1. The maximum atomic E-state index is 12.8. The van der Waals surface area contributed by atoms with Gasteiger partial charge in [-0.05, 0) is 61.3 Å². The normalized spacial score (nSPS) is 15.5. The smallest absolute Gasteiger partial charge is 0.348 e. The van der Waals surface area contributed by atoms with Crippen molar-refractivity contribution in [3.63, 3.8) is 0 Å². The Morgan fingerprint density at radius 1 is 0.963 bits per heavy atom. The minimum absolute atomic E-state index is 0.0547. The molecule has 2 aromatic carbocycles. The van der Waals surface area contributed by atoms with Gasteiger partial charge in [-0.2, -0.15) is 13.2 Å². The van der Waals surface area contributed by atoms with Crippen molar-refractivity contribution >= 4 is 5.91 Å². The average molecular weight is 376 g/mol. The predicted molar refractivity (Wildman–Crippen MR) is 98.2 cm³/mol. The first kappa shape index (κ1) is 19.4. The molecule has 1 fully saturated rings. The summed E-state index contributed by atoms with van der Waals surface area (Å²) < 4.78 is 38.3. The van der Waals surface area contributed by atoms with Crippen LogP contribution in [0.5, 0.6) is 0 Å². The van der Waals surface area contributed by atoms with Crippen LogP contribution in [-0.4, -0.2) is 23.9 Å². The first-order valence-electron chi connectivity index (χ1n) is 9.17. The molecule has 1 aliphatic heterocycles. The van der Waals surface area contributed by atoms with Crippen LogP contribution in [0.4, 0.5) is 13.2 Å². The van der Waals surface area contributed by atoms with E-state index in [0.29, 0.717) is 11.1 Å².